The number of hydrogen-bond donors (Lipinski definition) is 2. The molecule has 0 saturated carbocycles. The molecule has 0 bridgehead atoms. The highest BCUT2D eigenvalue weighted by atomic mass is 127. The van der Waals surface area contributed by atoms with Crippen molar-refractivity contribution < 1.29 is 0 Å². The van der Waals surface area contributed by atoms with E-state index in [1.165, 1.54) is 10.4 Å². The van der Waals surface area contributed by atoms with Gasteiger partial charge in [-0.15, -0.1) is 35.3 Å². The van der Waals surface area contributed by atoms with E-state index in [9.17, 15) is 0 Å². The molecular formula is C16H24IN3S2. The Bertz CT molecular complexity index is 524. The smallest absolute Gasteiger partial charge is 0.191 e. The fourth-order valence-electron chi connectivity index (χ4n) is 1.99. The van der Waals surface area contributed by atoms with Crippen LogP contribution in [0.3, 0.4) is 0 Å². The Morgan fingerprint density at radius 3 is 2.77 bits per heavy atom. The SMILES string of the molecule is CCNC(=NCC(C)c1ccsc1)NCCc1cccs1.I. The van der Waals surface area contributed by atoms with Crippen molar-refractivity contribution >= 4 is 52.6 Å². The second-order valence-corrected chi connectivity index (χ2v) is 6.75. The lowest BCUT2D eigenvalue weighted by atomic mass is 10.1. The third kappa shape index (κ3) is 6.66. The number of halogens is 1. The summed E-state index contributed by atoms with van der Waals surface area (Å²) in [4.78, 5) is 6.10. The molecule has 2 aromatic rings. The van der Waals surface area contributed by atoms with Crippen molar-refractivity contribution in [2.24, 2.45) is 4.99 Å². The Kier molecular flexibility index (Phi) is 9.74. The second-order valence-electron chi connectivity index (χ2n) is 4.93. The average Bonchev–Trinajstić information content (AvgIpc) is 3.17. The van der Waals surface area contributed by atoms with Crippen LogP contribution < -0.4 is 10.6 Å². The van der Waals surface area contributed by atoms with Crippen molar-refractivity contribution in [2.45, 2.75) is 26.2 Å². The molecule has 22 heavy (non-hydrogen) atoms. The zero-order chi connectivity index (χ0) is 14.9. The first kappa shape index (κ1) is 19.4. The van der Waals surface area contributed by atoms with Crippen LogP contribution in [0.25, 0.3) is 0 Å². The lowest BCUT2D eigenvalue weighted by molar-refractivity contribution is 0.749. The fraction of sp³-hybridized carbons (Fsp3) is 0.438. The molecule has 0 aliphatic carbocycles. The number of guanidine groups is 1. The third-order valence-corrected chi connectivity index (χ3v) is 4.86. The topological polar surface area (TPSA) is 36.4 Å². The van der Waals surface area contributed by atoms with Gasteiger partial charge in [0.25, 0.3) is 0 Å². The molecular weight excluding hydrogens is 425 g/mol. The Balaban J connectivity index is 0.00000242. The maximum atomic E-state index is 4.69. The average molecular weight is 449 g/mol. The quantitative estimate of drug-likeness (QED) is 0.375. The van der Waals surface area contributed by atoms with Gasteiger partial charge in [0.2, 0.25) is 0 Å². The number of nitrogens with zero attached hydrogens (tertiary/aromatic N) is 1. The Hall–Kier alpha value is -0.600. The molecule has 0 spiro atoms. The maximum absolute atomic E-state index is 4.69. The molecule has 0 radical (unpaired) electrons. The van der Waals surface area contributed by atoms with Crippen LogP contribution in [0.15, 0.2) is 39.3 Å². The van der Waals surface area contributed by atoms with E-state index in [0.717, 1.165) is 32.0 Å². The minimum absolute atomic E-state index is 0. The zero-order valence-electron chi connectivity index (χ0n) is 13.0. The van der Waals surface area contributed by atoms with Crippen molar-refractivity contribution in [3.05, 3.63) is 44.8 Å². The van der Waals surface area contributed by atoms with Crippen LogP contribution in [0.4, 0.5) is 0 Å². The first-order valence-electron chi connectivity index (χ1n) is 7.36. The van der Waals surface area contributed by atoms with E-state index in [1.807, 2.05) is 0 Å². The summed E-state index contributed by atoms with van der Waals surface area (Å²) in [5.41, 5.74) is 1.37. The first-order chi connectivity index (χ1) is 10.3. The van der Waals surface area contributed by atoms with Crippen LogP contribution in [0.5, 0.6) is 0 Å². The summed E-state index contributed by atoms with van der Waals surface area (Å²) >= 11 is 3.55. The Morgan fingerprint density at radius 1 is 1.27 bits per heavy atom. The Morgan fingerprint density at radius 2 is 2.14 bits per heavy atom. The fourth-order valence-corrected chi connectivity index (χ4v) is 3.48. The highest BCUT2D eigenvalue weighted by molar-refractivity contribution is 14.0. The number of aliphatic imine (C=N–C) groups is 1. The molecule has 2 aromatic heterocycles. The van der Waals surface area contributed by atoms with E-state index in [1.54, 1.807) is 22.7 Å². The molecule has 2 rings (SSSR count). The van der Waals surface area contributed by atoms with Crippen molar-refractivity contribution in [3.8, 4) is 0 Å². The third-order valence-electron chi connectivity index (χ3n) is 3.22. The Labute approximate surface area is 158 Å². The summed E-state index contributed by atoms with van der Waals surface area (Å²) in [7, 11) is 0. The largest absolute Gasteiger partial charge is 0.357 e. The molecule has 0 aromatic carbocycles. The van der Waals surface area contributed by atoms with E-state index < -0.39 is 0 Å². The molecule has 2 N–H and O–H groups in total. The van der Waals surface area contributed by atoms with Crippen LogP contribution in [0.2, 0.25) is 0 Å². The lowest BCUT2D eigenvalue weighted by Crippen LogP contribution is -2.38. The number of hydrogen-bond acceptors (Lipinski definition) is 3. The molecule has 1 unspecified atom stereocenters. The van der Waals surface area contributed by atoms with Gasteiger partial charge in [-0.05, 0) is 47.2 Å². The molecule has 0 amide bonds. The lowest BCUT2D eigenvalue weighted by Gasteiger charge is -2.12. The van der Waals surface area contributed by atoms with Gasteiger partial charge in [-0.2, -0.15) is 11.3 Å². The van der Waals surface area contributed by atoms with E-state index in [2.05, 4.69) is 58.8 Å². The summed E-state index contributed by atoms with van der Waals surface area (Å²) in [6.07, 6.45) is 1.04. The predicted molar refractivity (Wildman–Crippen MR) is 110 cm³/mol. The van der Waals surface area contributed by atoms with Gasteiger partial charge in [0.1, 0.15) is 0 Å². The normalized spacial score (nSPS) is 12.5. The molecule has 1 atom stereocenters. The van der Waals surface area contributed by atoms with E-state index in [0.29, 0.717) is 5.92 Å². The van der Waals surface area contributed by atoms with E-state index >= 15 is 0 Å². The highest BCUT2D eigenvalue weighted by Gasteiger charge is 2.06. The highest BCUT2D eigenvalue weighted by Crippen LogP contribution is 2.18. The van der Waals surface area contributed by atoms with E-state index in [-0.39, 0.29) is 24.0 Å². The zero-order valence-corrected chi connectivity index (χ0v) is 17.0. The molecule has 0 fully saturated rings. The first-order valence-corrected chi connectivity index (χ1v) is 9.18. The molecule has 0 aliphatic heterocycles. The minimum Gasteiger partial charge on any atom is -0.357 e. The van der Waals surface area contributed by atoms with Crippen molar-refractivity contribution in [1.29, 1.82) is 0 Å². The van der Waals surface area contributed by atoms with Gasteiger partial charge in [0, 0.05) is 30.4 Å². The maximum Gasteiger partial charge on any atom is 0.191 e. The molecule has 0 saturated heterocycles. The van der Waals surface area contributed by atoms with Gasteiger partial charge in [-0.1, -0.05) is 13.0 Å². The summed E-state index contributed by atoms with van der Waals surface area (Å²) < 4.78 is 0. The van der Waals surface area contributed by atoms with Gasteiger partial charge < -0.3 is 10.6 Å². The van der Waals surface area contributed by atoms with Gasteiger partial charge in [-0.25, -0.2) is 0 Å². The molecule has 3 nitrogen and oxygen atoms in total. The van der Waals surface area contributed by atoms with Crippen LogP contribution in [0.1, 0.15) is 30.2 Å². The van der Waals surface area contributed by atoms with Gasteiger partial charge >= 0.3 is 0 Å². The minimum atomic E-state index is 0. The van der Waals surface area contributed by atoms with Crippen molar-refractivity contribution in [2.75, 3.05) is 19.6 Å². The monoisotopic (exact) mass is 449 g/mol. The summed E-state index contributed by atoms with van der Waals surface area (Å²) in [5, 5.41) is 13.2. The van der Waals surface area contributed by atoms with Crippen molar-refractivity contribution in [1.82, 2.24) is 10.6 Å². The molecule has 122 valence electrons. The standard InChI is InChI=1S/C16H23N3S2.HI/c1-3-17-16(18-8-6-15-5-4-9-21-15)19-11-13(2)14-7-10-20-12-14;/h4-5,7,9-10,12-13H,3,6,8,11H2,1-2H3,(H2,17,18,19);1H. The van der Waals surface area contributed by atoms with Gasteiger partial charge in [0.05, 0.1) is 0 Å². The number of rotatable bonds is 7. The summed E-state index contributed by atoms with van der Waals surface area (Å²) in [6.45, 7) is 6.93. The van der Waals surface area contributed by atoms with Gasteiger partial charge in [0.15, 0.2) is 5.96 Å². The van der Waals surface area contributed by atoms with E-state index in [4.69, 9.17) is 4.99 Å². The second kappa shape index (κ2) is 11.0. The number of nitrogens with one attached hydrogen (secondary N) is 2. The summed E-state index contributed by atoms with van der Waals surface area (Å²) in [5.74, 6) is 1.38. The molecule has 2 heterocycles. The predicted octanol–water partition coefficient (Wildman–Crippen LogP) is 4.33. The number of thiophene rings is 2. The molecule has 0 aliphatic rings. The molecule has 6 heteroatoms. The van der Waals surface area contributed by atoms with Crippen LogP contribution in [-0.2, 0) is 6.42 Å². The van der Waals surface area contributed by atoms with Crippen LogP contribution >= 0.6 is 46.7 Å². The van der Waals surface area contributed by atoms with Gasteiger partial charge in [-0.3, -0.25) is 4.99 Å². The van der Waals surface area contributed by atoms with Crippen molar-refractivity contribution in [3.63, 3.8) is 0 Å². The van der Waals surface area contributed by atoms with Crippen LogP contribution in [0, 0.1) is 0 Å². The van der Waals surface area contributed by atoms with Crippen LogP contribution in [-0.4, -0.2) is 25.6 Å². The summed E-state index contributed by atoms with van der Waals surface area (Å²) in [6, 6.07) is 6.46.